The normalized spacial score (nSPS) is 10.7. The molecular weight excluding hydrogens is 390 g/mol. The van der Waals surface area contributed by atoms with E-state index in [1.165, 1.54) is 0 Å². The minimum absolute atomic E-state index is 0.0888. The third-order valence-corrected chi connectivity index (χ3v) is 4.55. The van der Waals surface area contributed by atoms with Crippen molar-refractivity contribution in [2.24, 2.45) is 0 Å². The van der Waals surface area contributed by atoms with Crippen LogP contribution in [0.1, 0.15) is 0 Å². The first-order valence-electron chi connectivity index (χ1n) is 8.93. The number of halogens is 1. The summed E-state index contributed by atoms with van der Waals surface area (Å²) < 4.78 is 10.7. The third kappa shape index (κ3) is 4.50. The maximum atomic E-state index is 12.1. The van der Waals surface area contributed by atoms with Crippen LogP contribution < -0.4 is 14.8 Å². The molecule has 0 aliphatic rings. The van der Waals surface area contributed by atoms with Gasteiger partial charge in [0.1, 0.15) is 17.3 Å². The molecule has 146 valence electrons. The van der Waals surface area contributed by atoms with Crippen LogP contribution in [0.2, 0.25) is 5.02 Å². The minimum atomic E-state index is -0.242. The highest BCUT2D eigenvalue weighted by molar-refractivity contribution is 6.31. The highest BCUT2D eigenvalue weighted by Crippen LogP contribution is 2.24. The minimum Gasteiger partial charge on any atom is -0.497 e. The van der Waals surface area contributed by atoms with E-state index < -0.39 is 0 Å². The van der Waals surface area contributed by atoms with Crippen molar-refractivity contribution in [1.82, 2.24) is 9.97 Å². The second kappa shape index (κ2) is 8.24. The van der Waals surface area contributed by atoms with E-state index in [9.17, 15) is 4.79 Å². The van der Waals surface area contributed by atoms with Crippen molar-refractivity contribution >= 4 is 34.2 Å². The molecule has 0 aliphatic heterocycles. The summed E-state index contributed by atoms with van der Waals surface area (Å²) in [4.78, 5) is 19.9. The summed E-state index contributed by atoms with van der Waals surface area (Å²) in [6, 6.07) is 20.0. The monoisotopic (exact) mass is 407 g/mol. The highest BCUT2D eigenvalue weighted by atomic mass is 35.5. The number of imidazole rings is 1. The van der Waals surface area contributed by atoms with Crippen LogP contribution in [0.25, 0.3) is 22.4 Å². The lowest BCUT2D eigenvalue weighted by Crippen LogP contribution is -2.20. The maximum absolute atomic E-state index is 12.1. The number of carbonyl (C=O) groups is 1. The first kappa shape index (κ1) is 18.8. The number of hydrogen-bond acceptors (Lipinski definition) is 4. The second-order valence-corrected chi connectivity index (χ2v) is 6.77. The van der Waals surface area contributed by atoms with Gasteiger partial charge in [-0.15, -0.1) is 0 Å². The molecule has 0 atom stereocenters. The number of benzene rings is 3. The highest BCUT2D eigenvalue weighted by Gasteiger charge is 2.08. The molecule has 0 spiro atoms. The Morgan fingerprint density at radius 3 is 2.48 bits per heavy atom. The number of fused-ring (bicyclic) bond motifs is 1. The molecule has 29 heavy (non-hydrogen) atoms. The van der Waals surface area contributed by atoms with Crippen LogP contribution in [0.15, 0.2) is 66.7 Å². The van der Waals surface area contributed by atoms with Crippen molar-refractivity contribution in [2.45, 2.75) is 0 Å². The summed E-state index contributed by atoms with van der Waals surface area (Å²) in [5.41, 5.74) is 3.31. The first-order valence-corrected chi connectivity index (χ1v) is 9.31. The number of nitrogens with one attached hydrogen (secondary N) is 2. The largest absolute Gasteiger partial charge is 0.497 e. The molecular formula is C22H18ClN3O3. The van der Waals surface area contributed by atoms with Crippen molar-refractivity contribution in [3.8, 4) is 22.9 Å². The summed E-state index contributed by atoms with van der Waals surface area (Å²) in [7, 11) is 1.59. The van der Waals surface area contributed by atoms with E-state index in [1.807, 2.05) is 30.3 Å². The van der Waals surface area contributed by atoms with Crippen LogP contribution in [0, 0.1) is 0 Å². The number of H-pyrrole nitrogens is 1. The van der Waals surface area contributed by atoms with Crippen LogP contribution >= 0.6 is 11.6 Å². The van der Waals surface area contributed by atoms with E-state index in [1.54, 1.807) is 43.5 Å². The van der Waals surface area contributed by atoms with E-state index in [0.29, 0.717) is 16.5 Å². The Kier molecular flexibility index (Phi) is 5.35. The van der Waals surface area contributed by atoms with Gasteiger partial charge in [-0.05, 0) is 66.7 Å². The van der Waals surface area contributed by atoms with Gasteiger partial charge in [0.25, 0.3) is 5.91 Å². The number of aromatic nitrogens is 2. The number of nitrogens with zero attached hydrogens (tertiary/aromatic N) is 1. The van der Waals surface area contributed by atoms with Crippen molar-refractivity contribution in [3.05, 3.63) is 71.8 Å². The van der Waals surface area contributed by atoms with Gasteiger partial charge in [0.05, 0.1) is 18.1 Å². The van der Waals surface area contributed by atoms with E-state index in [4.69, 9.17) is 21.1 Å². The van der Waals surface area contributed by atoms with E-state index in [-0.39, 0.29) is 12.5 Å². The average molecular weight is 408 g/mol. The molecule has 2 N–H and O–H groups in total. The van der Waals surface area contributed by atoms with Gasteiger partial charge in [-0.1, -0.05) is 11.6 Å². The smallest absolute Gasteiger partial charge is 0.262 e. The van der Waals surface area contributed by atoms with Crippen molar-refractivity contribution in [2.75, 3.05) is 19.0 Å². The van der Waals surface area contributed by atoms with Crippen molar-refractivity contribution < 1.29 is 14.3 Å². The number of rotatable bonds is 6. The Bertz CT molecular complexity index is 1140. The van der Waals surface area contributed by atoms with E-state index >= 15 is 0 Å². The molecule has 0 fully saturated rings. The molecule has 0 saturated heterocycles. The molecule has 0 radical (unpaired) electrons. The average Bonchev–Trinajstić information content (AvgIpc) is 3.16. The van der Waals surface area contributed by atoms with Gasteiger partial charge in [-0.3, -0.25) is 4.79 Å². The fraction of sp³-hybridized carbons (Fsp3) is 0.0909. The molecule has 4 rings (SSSR count). The number of anilines is 1. The third-order valence-electron chi connectivity index (χ3n) is 4.32. The zero-order valence-corrected chi connectivity index (χ0v) is 16.4. The van der Waals surface area contributed by atoms with Crippen molar-refractivity contribution in [3.63, 3.8) is 0 Å². The van der Waals surface area contributed by atoms with Crippen LogP contribution in [0.3, 0.4) is 0 Å². The SMILES string of the molecule is COc1ccc(NC(=O)COc2ccc(-c3nc4ccc(Cl)cc4[nH]3)cc2)cc1. The van der Waals surface area contributed by atoms with Crippen LogP contribution in [-0.4, -0.2) is 29.6 Å². The molecule has 4 aromatic rings. The zero-order valence-electron chi connectivity index (χ0n) is 15.6. The number of methoxy groups -OCH3 is 1. The molecule has 0 aliphatic carbocycles. The fourth-order valence-electron chi connectivity index (χ4n) is 2.85. The van der Waals surface area contributed by atoms with Gasteiger partial charge >= 0.3 is 0 Å². The van der Waals surface area contributed by atoms with Gasteiger partial charge in [0.2, 0.25) is 0 Å². The Balaban J connectivity index is 1.36. The standard InChI is InChI=1S/C22H18ClN3O3/c1-28-17-9-5-16(6-10-17)24-21(27)13-29-18-7-2-14(3-8-18)22-25-19-11-4-15(23)12-20(19)26-22/h2-12H,13H2,1H3,(H,24,27)(H,25,26). The molecule has 1 amide bonds. The predicted octanol–water partition coefficient (Wildman–Crippen LogP) is 4.91. The Morgan fingerprint density at radius 2 is 1.76 bits per heavy atom. The zero-order chi connectivity index (χ0) is 20.2. The number of ether oxygens (including phenoxy) is 2. The molecule has 0 saturated carbocycles. The molecule has 0 bridgehead atoms. The second-order valence-electron chi connectivity index (χ2n) is 6.34. The molecule has 1 heterocycles. The summed E-state index contributed by atoms with van der Waals surface area (Å²) in [6.07, 6.45) is 0. The van der Waals surface area contributed by atoms with E-state index in [2.05, 4.69) is 15.3 Å². The van der Waals surface area contributed by atoms with Gasteiger partial charge in [-0.2, -0.15) is 0 Å². The number of amides is 1. The molecule has 6 nitrogen and oxygen atoms in total. The molecule has 0 unspecified atom stereocenters. The molecule has 1 aromatic heterocycles. The van der Waals surface area contributed by atoms with Gasteiger partial charge in [-0.25, -0.2) is 4.98 Å². The maximum Gasteiger partial charge on any atom is 0.262 e. The fourth-order valence-corrected chi connectivity index (χ4v) is 3.02. The number of aromatic amines is 1. The molecule has 7 heteroatoms. The van der Waals surface area contributed by atoms with Gasteiger partial charge in [0.15, 0.2) is 6.61 Å². The van der Waals surface area contributed by atoms with Gasteiger partial charge in [0, 0.05) is 16.3 Å². The Hall–Kier alpha value is -3.51. The Labute approximate surface area is 172 Å². The summed E-state index contributed by atoms with van der Waals surface area (Å²) in [6.45, 7) is -0.0888. The van der Waals surface area contributed by atoms with Crippen LogP contribution in [0.5, 0.6) is 11.5 Å². The summed E-state index contributed by atoms with van der Waals surface area (Å²) in [5, 5.41) is 3.43. The summed E-state index contributed by atoms with van der Waals surface area (Å²) in [5.74, 6) is 1.82. The lowest BCUT2D eigenvalue weighted by Gasteiger charge is -2.08. The lowest BCUT2D eigenvalue weighted by molar-refractivity contribution is -0.118. The first-order chi connectivity index (χ1) is 14.1. The topological polar surface area (TPSA) is 76.2 Å². The Morgan fingerprint density at radius 1 is 1.03 bits per heavy atom. The molecule has 3 aromatic carbocycles. The van der Waals surface area contributed by atoms with E-state index in [0.717, 1.165) is 28.2 Å². The van der Waals surface area contributed by atoms with Crippen LogP contribution in [0.4, 0.5) is 5.69 Å². The van der Waals surface area contributed by atoms with Crippen LogP contribution in [-0.2, 0) is 4.79 Å². The summed E-state index contributed by atoms with van der Waals surface area (Å²) >= 11 is 6.02. The number of hydrogen-bond donors (Lipinski definition) is 2. The quantitative estimate of drug-likeness (QED) is 0.476. The lowest BCUT2D eigenvalue weighted by atomic mass is 10.2. The predicted molar refractivity (Wildman–Crippen MR) is 114 cm³/mol. The number of carbonyl (C=O) groups excluding carboxylic acids is 1. The van der Waals surface area contributed by atoms with Gasteiger partial charge < -0.3 is 19.8 Å². The van der Waals surface area contributed by atoms with Crippen molar-refractivity contribution in [1.29, 1.82) is 0 Å².